The maximum absolute atomic E-state index is 6.12. The van der Waals surface area contributed by atoms with E-state index in [1.807, 2.05) is 34.9 Å². The molecule has 2 aromatic heterocycles. The average molecular weight is 260 g/mol. The second kappa shape index (κ2) is 4.31. The number of ether oxygens (including phenoxy) is 1. The van der Waals surface area contributed by atoms with Gasteiger partial charge in [0.25, 0.3) is 0 Å². The lowest BCUT2D eigenvalue weighted by molar-refractivity contribution is 0.415. The van der Waals surface area contributed by atoms with Crippen LogP contribution in [0.25, 0.3) is 16.8 Å². The van der Waals surface area contributed by atoms with Crippen molar-refractivity contribution in [1.82, 2.24) is 14.4 Å². The van der Waals surface area contributed by atoms with E-state index in [1.165, 1.54) is 0 Å². The molecule has 0 amide bonds. The Morgan fingerprint density at radius 3 is 3.06 bits per heavy atom. The summed E-state index contributed by atoms with van der Waals surface area (Å²) in [6.45, 7) is 0. The zero-order valence-corrected chi connectivity index (χ0v) is 10.4. The molecule has 18 heavy (non-hydrogen) atoms. The van der Waals surface area contributed by atoms with Gasteiger partial charge in [0, 0.05) is 11.8 Å². The highest BCUT2D eigenvalue weighted by molar-refractivity contribution is 6.32. The SMILES string of the molecule is COc1cccc(-c2cn3cncc3c(Cl)n2)c1. The fourth-order valence-corrected chi connectivity index (χ4v) is 2.05. The number of hydrogen-bond acceptors (Lipinski definition) is 3. The molecule has 0 bridgehead atoms. The summed E-state index contributed by atoms with van der Waals surface area (Å²) in [6.07, 6.45) is 5.28. The summed E-state index contributed by atoms with van der Waals surface area (Å²) in [7, 11) is 1.64. The van der Waals surface area contributed by atoms with Crippen LogP contribution in [0.3, 0.4) is 0 Å². The zero-order valence-electron chi connectivity index (χ0n) is 9.67. The van der Waals surface area contributed by atoms with Gasteiger partial charge < -0.3 is 9.14 Å². The maximum Gasteiger partial charge on any atom is 0.155 e. The highest BCUT2D eigenvalue weighted by atomic mass is 35.5. The Labute approximate surface area is 109 Å². The monoisotopic (exact) mass is 259 g/mol. The van der Waals surface area contributed by atoms with Gasteiger partial charge in [-0.25, -0.2) is 9.97 Å². The third-order valence-electron chi connectivity index (χ3n) is 2.72. The number of imidazole rings is 1. The minimum atomic E-state index is 0.438. The van der Waals surface area contributed by atoms with E-state index in [9.17, 15) is 0 Å². The van der Waals surface area contributed by atoms with Crippen LogP contribution in [0.5, 0.6) is 5.75 Å². The van der Waals surface area contributed by atoms with Gasteiger partial charge in [-0.1, -0.05) is 23.7 Å². The number of halogens is 1. The summed E-state index contributed by atoms with van der Waals surface area (Å²) in [5, 5.41) is 0.438. The molecule has 0 radical (unpaired) electrons. The first-order valence-electron chi connectivity index (χ1n) is 5.40. The minimum absolute atomic E-state index is 0.438. The van der Waals surface area contributed by atoms with Gasteiger partial charge in [-0.05, 0) is 12.1 Å². The standard InChI is InChI=1S/C13H10ClN3O/c1-18-10-4-2-3-9(5-10)11-7-17-8-15-6-12(17)13(14)16-11/h2-8H,1H3. The van der Waals surface area contributed by atoms with Gasteiger partial charge >= 0.3 is 0 Å². The molecule has 3 aromatic rings. The van der Waals surface area contributed by atoms with Crippen LogP contribution in [0.2, 0.25) is 5.15 Å². The number of rotatable bonds is 2. The van der Waals surface area contributed by atoms with Crippen molar-refractivity contribution >= 4 is 17.1 Å². The molecular weight excluding hydrogens is 250 g/mol. The third kappa shape index (κ3) is 1.80. The van der Waals surface area contributed by atoms with Crippen molar-refractivity contribution in [2.45, 2.75) is 0 Å². The van der Waals surface area contributed by atoms with E-state index < -0.39 is 0 Å². The van der Waals surface area contributed by atoms with Crippen molar-refractivity contribution in [2.75, 3.05) is 7.11 Å². The molecule has 0 aliphatic heterocycles. The third-order valence-corrected chi connectivity index (χ3v) is 3.00. The molecule has 3 rings (SSSR count). The van der Waals surface area contributed by atoms with Gasteiger partial charge in [0.1, 0.15) is 11.3 Å². The highest BCUT2D eigenvalue weighted by Crippen LogP contribution is 2.25. The quantitative estimate of drug-likeness (QED) is 0.710. The van der Waals surface area contributed by atoms with Gasteiger partial charge in [-0.15, -0.1) is 0 Å². The van der Waals surface area contributed by atoms with Crippen molar-refractivity contribution in [3.63, 3.8) is 0 Å². The van der Waals surface area contributed by atoms with Crippen LogP contribution < -0.4 is 4.74 Å². The smallest absolute Gasteiger partial charge is 0.155 e. The van der Waals surface area contributed by atoms with Crippen LogP contribution in [0.15, 0.2) is 43.0 Å². The largest absolute Gasteiger partial charge is 0.497 e. The molecule has 0 atom stereocenters. The fraction of sp³-hybridized carbons (Fsp3) is 0.0769. The topological polar surface area (TPSA) is 39.4 Å². The van der Waals surface area contributed by atoms with Crippen molar-refractivity contribution in [1.29, 1.82) is 0 Å². The second-order valence-corrected chi connectivity index (χ2v) is 4.19. The van der Waals surface area contributed by atoms with Crippen LogP contribution in [-0.4, -0.2) is 21.5 Å². The lowest BCUT2D eigenvalue weighted by Gasteiger charge is -2.05. The Hall–Kier alpha value is -2.07. The average Bonchev–Trinajstić information content (AvgIpc) is 2.87. The predicted octanol–water partition coefficient (Wildman–Crippen LogP) is 3.06. The molecule has 0 N–H and O–H groups in total. The summed E-state index contributed by atoms with van der Waals surface area (Å²) < 4.78 is 7.05. The van der Waals surface area contributed by atoms with Crippen molar-refractivity contribution in [2.24, 2.45) is 0 Å². The first kappa shape index (κ1) is 11.0. The lowest BCUT2D eigenvalue weighted by atomic mass is 10.1. The van der Waals surface area contributed by atoms with E-state index in [4.69, 9.17) is 16.3 Å². The fourth-order valence-electron chi connectivity index (χ4n) is 1.81. The van der Waals surface area contributed by atoms with E-state index in [-0.39, 0.29) is 0 Å². The normalized spacial score (nSPS) is 10.8. The molecule has 1 aromatic carbocycles. The second-order valence-electron chi connectivity index (χ2n) is 3.84. The van der Waals surface area contributed by atoms with E-state index in [1.54, 1.807) is 19.6 Å². The molecule has 0 saturated heterocycles. The number of hydrogen-bond donors (Lipinski definition) is 0. The maximum atomic E-state index is 6.12. The van der Waals surface area contributed by atoms with Crippen LogP contribution in [0.1, 0.15) is 0 Å². The molecule has 2 heterocycles. The lowest BCUT2D eigenvalue weighted by Crippen LogP contribution is -1.92. The van der Waals surface area contributed by atoms with Crippen LogP contribution >= 0.6 is 11.6 Å². The molecule has 0 spiro atoms. The van der Waals surface area contributed by atoms with Gasteiger partial charge in [0.2, 0.25) is 0 Å². The van der Waals surface area contributed by atoms with Gasteiger partial charge in [-0.2, -0.15) is 0 Å². The van der Waals surface area contributed by atoms with Crippen molar-refractivity contribution in [3.05, 3.63) is 48.1 Å². The summed E-state index contributed by atoms with van der Waals surface area (Å²) in [5.41, 5.74) is 2.53. The van der Waals surface area contributed by atoms with Gasteiger partial charge in [-0.3, -0.25) is 0 Å². The summed E-state index contributed by atoms with van der Waals surface area (Å²) in [5.74, 6) is 0.788. The molecule has 0 aliphatic carbocycles. The summed E-state index contributed by atoms with van der Waals surface area (Å²) >= 11 is 6.12. The number of fused-ring (bicyclic) bond motifs is 1. The molecule has 90 valence electrons. The van der Waals surface area contributed by atoms with E-state index in [0.29, 0.717) is 5.15 Å². The highest BCUT2D eigenvalue weighted by Gasteiger charge is 2.07. The van der Waals surface area contributed by atoms with Gasteiger partial charge in [0.15, 0.2) is 5.15 Å². The molecule has 0 unspecified atom stereocenters. The Morgan fingerprint density at radius 2 is 2.22 bits per heavy atom. The van der Waals surface area contributed by atoms with Crippen LogP contribution in [-0.2, 0) is 0 Å². The number of methoxy groups -OCH3 is 1. The van der Waals surface area contributed by atoms with E-state index in [0.717, 1.165) is 22.5 Å². The molecule has 0 aliphatic rings. The van der Waals surface area contributed by atoms with Crippen molar-refractivity contribution in [3.8, 4) is 17.0 Å². The summed E-state index contributed by atoms with van der Waals surface area (Å²) in [6, 6.07) is 7.69. The molecule has 5 heteroatoms. The first-order valence-corrected chi connectivity index (χ1v) is 5.78. The number of benzene rings is 1. The summed E-state index contributed by atoms with van der Waals surface area (Å²) in [4.78, 5) is 8.41. The van der Waals surface area contributed by atoms with E-state index in [2.05, 4.69) is 9.97 Å². The predicted molar refractivity (Wildman–Crippen MR) is 70.0 cm³/mol. The molecule has 0 fully saturated rings. The Morgan fingerprint density at radius 1 is 1.33 bits per heavy atom. The van der Waals surface area contributed by atoms with Crippen LogP contribution in [0.4, 0.5) is 0 Å². The first-order chi connectivity index (χ1) is 8.78. The Balaban J connectivity index is 2.18. The molecule has 4 nitrogen and oxygen atoms in total. The van der Waals surface area contributed by atoms with Crippen molar-refractivity contribution < 1.29 is 4.74 Å². The van der Waals surface area contributed by atoms with E-state index >= 15 is 0 Å². The number of nitrogens with zero attached hydrogens (tertiary/aromatic N) is 3. The van der Waals surface area contributed by atoms with Crippen LogP contribution in [0, 0.1) is 0 Å². The Bertz CT molecular complexity index is 708. The number of aromatic nitrogens is 3. The van der Waals surface area contributed by atoms with Gasteiger partial charge in [0.05, 0.1) is 25.3 Å². The minimum Gasteiger partial charge on any atom is -0.497 e. The molecular formula is C13H10ClN3O. The molecule has 0 saturated carbocycles. The Kier molecular flexibility index (Phi) is 2.64. The zero-order chi connectivity index (χ0) is 12.5.